The molecule has 0 aliphatic carbocycles. The summed E-state index contributed by atoms with van der Waals surface area (Å²) in [5.74, 6) is 0. The number of aromatic nitrogens is 2. The Kier molecular flexibility index (Phi) is 5.34. The van der Waals surface area contributed by atoms with Gasteiger partial charge in [-0.2, -0.15) is 0 Å². The number of aromatic amines is 1. The van der Waals surface area contributed by atoms with Crippen LogP contribution in [0.4, 0.5) is 0 Å². The van der Waals surface area contributed by atoms with Crippen LogP contribution in [0, 0.1) is 6.92 Å². The van der Waals surface area contributed by atoms with Crippen molar-refractivity contribution in [1.29, 1.82) is 0 Å². The number of imidazole rings is 1. The first-order chi connectivity index (χ1) is 7.27. The Morgan fingerprint density at radius 3 is 2.81 bits per heavy atom. The topological polar surface area (TPSA) is 42.3 Å². The molecule has 2 heterocycles. The number of rotatable bonds is 2. The Hall–Kier alpha value is -0.490. The number of quaternary nitrogens is 1. The largest absolute Gasteiger partial charge is 1.00 e. The Morgan fingerprint density at radius 1 is 1.56 bits per heavy atom. The fraction of sp³-hybridized carbons (Fsp3) is 0.600. The lowest BCUT2D eigenvalue weighted by Crippen LogP contribution is -3.16. The normalized spacial score (nSPS) is 16.8. The van der Waals surface area contributed by atoms with Gasteiger partial charge < -0.3 is 22.1 Å². The van der Waals surface area contributed by atoms with Gasteiger partial charge in [0.15, 0.2) is 4.99 Å². The van der Waals surface area contributed by atoms with Crippen molar-refractivity contribution in [2.75, 3.05) is 26.3 Å². The molecule has 0 spiro atoms. The lowest BCUT2D eigenvalue weighted by atomic mass is 10.2. The monoisotopic (exact) mass is 261 g/mol. The summed E-state index contributed by atoms with van der Waals surface area (Å²) < 4.78 is 5.31. The van der Waals surface area contributed by atoms with E-state index < -0.39 is 0 Å². The quantitative estimate of drug-likeness (QED) is 0.543. The van der Waals surface area contributed by atoms with E-state index in [9.17, 15) is 0 Å². The molecule has 0 radical (unpaired) electrons. The van der Waals surface area contributed by atoms with E-state index >= 15 is 0 Å². The van der Waals surface area contributed by atoms with E-state index in [1.54, 1.807) is 6.33 Å². The van der Waals surface area contributed by atoms with Crippen LogP contribution in [0.2, 0.25) is 0 Å². The van der Waals surface area contributed by atoms with Crippen molar-refractivity contribution in [3.63, 3.8) is 0 Å². The highest BCUT2D eigenvalue weighted by atomic mass is 35.5. The molecule has 1 fully saturated rings. The van der Waals surface area contributed by atoms with Crippen molar-refractivity contribution in [2.45, 2.75) is 13.3 Å². The van der Waals surface area contributed by atoms with Crippen LogP contribution >= 0.6 is 12.2 Å². The lowest BCUT2D eigenvalue weighted by molar-refractivity contribution is -0.814. The lowest BCUT2D eigenvalue weighted by Gasteiger charge is -2.23. The Morgan fingerprint density at radius 2 is 2.25 bits per heavy atom. The van der Waals surface area contributed by atoms with E-state index in [-0.39, 0.29) is 12.4 Å². The first-order valence-electron chi connectivity index (χ1n) is 5.22. The molecule has 1 saturated heterocycles. The van der Waals surface area contributed by atoms with Gasteiger partial charge in [0.1, 0.15) is 13.1 Å². The molecule has 1 aromatic heterocycles. The van der Waals surface area contributed by atoms with E-state index in [1.165, 1.54) is 4.90 Å². The Bertz CT molecular complexity index is 350. The minimum absolute atomic E-state index is 0. The number of hydrogen-bond donors (Lipinski definition) is 2. The molecule has 1 aliphatic rings. The van der Waals surface area contributed by atoms with E-state index in [4.69, 9.17) is 17.0 Å². The minimum Gasteiger partial charge on any atom is -1.00 e. The van der Waals surface area contributed by atoms with Crippen LogP contribution in [-0.2, 0) is 11.2 Å². The van der Waals surface area contributed by atoms with Crippen LogP contribution in [-0.4, -0.2) is 41.3 Å². The molecule has 0 bridgehead atoms. The van der Waals surface area contributed by atoms with E-state index in [0.717, 1.165) is 49.1 Å². The highest BCUT2D eigenvalue weighted by Crippen LogP contribution is 2.00. The van der Waals surface area contributed by atoms with Gasteiger partial charge in [-0.05, 0) is 19.1 Å². The number of halogens is 1. The van der Waals surface area contributed by atoms with Crippen LogP contribution in [0.15, 0.2) is 6.33 Å². The fourth-order valence-corrected chi connectivity index (χ4v) is 2.08. The van der Waals surface area contributed by atoms with Gasteiger partial charge >= 0.3 is 0 Å². The predicted octanol–water partition coefficient (Wildman–Crippen LogP) is -3.49. The van der Waals surface area contributed by atoms with Gasteiger partial charge in [0.25, 0.3) is 0 Å². The molecule has 0 unspecified atom stereocenters. The average molecular weight is 262 g/mol. The first-order valence-corrected chi connectivity index (χ1v) is 5.62. The van der Waals surface area contributed by atoms with Crippen LogP contribution in [0.3, 0.4) is 0 Å². The third-order valence-electron chi connectivity index (χ3n) is 2.75. The molecule has 2 rings (SSSR count). The molecule has 0 saturated carbocycles. The third kappa shape index (κ3) is 3.25. The minimum atomic E-state index is 0. The number of aryl methyl sites for hydroxylation is 1. The second-order valence-corrected chi connectivity index (χ2v) is 4.28. The summed E-state index contributed by atoms with van der Waals surface area (Å²) in [5.41, 5.74) is 2.18. The van der Waals surface area contributed by atoms with Crippen molar-refractivity contribution < 1.29 is 22.0 Å². The standard InChI is InChI=1S/C10H15N3OS.ClH/c1-8-9(12-7-11-8)6-10(15)13-2-4-14-5-3-13;/h7H,2-6H2,1H3,(H,11,12);1H. The van der Waals surface area contributed by atoms with Crippen LogP contribution in [0.1, 0.15) is 11.4 Å². The number of morpholine rings is 1. The number of thiocarbonyl (C=S) groups is 1. The number of nitrogens with zero attached hydrogens (tertiary/aromatic N) is 1. The molecule has 0 aromatic carbocycles. The summed E-state index contributed by atoms with van der Waals surface area (Å²) in [5, 5.41) is 0. The summed E-state index contributed by atoms with van der Waals surface area (Å²) >= 11 is 5.44. The van der Waals surface area contributed by atoms with Crippen LogP contribution in [0.25, 0.3) is 0 Å². The van der Waals surface area contributed by atoms with Gasteiger partial charge in [-0.25, -0.2) is 4.98 Å². The molecule has 1 aliphatic heterocycles. The zero-order valence-electron chi connectivity index (χ0n) is 9.25. The summed E-state index contributed by atoms with van der Waals surface area (Å²) in [6.45, 7) is 5.63. The molecule has 4 nitrogen and oxygen atoms in total. The first kappa shape index (κ1) is 13.6. The highest BCUT2D eigenvalue weighted by Gasteiger charge is 2.20. The molecule has 0 amide bonds. The maximum Gasteiger partial charge on any atom is 0.178 e. The third-order valence-corrected chi connectivity index (χ3v) is 3.19. The number of H-pyrrole nitrogens is 1. The molecule has 6 heteroatoms. The second kappa shape index (κ2) is 6.30. The van der Waals surface area contributed by atoms with Crippen molar-refractivity contribution in [3.8, 4) is 0 Å². The molecule has 0 atom stereocenters. The average Bonchev–Trinajstić information content (AvgIpc) is 2.66. The van der Waals surface area contributed by atoms with Gasteiger partial charge in [-0.1, -0.05) is 0 Å². The number of hydrogen-bond acceptors (Lipinski definition) is 3. The van der Waals surface area contributed by atoms with Crippen LogP contribution in [0.5, 0.6) is 0 Å². The zero-order valence-corrected chi connectivity index (χ0v) is 10.8. The summed E-state index contributed by atoms with van der Waals surface area (Å²) in [6.07, 6.45) is 2.52. The predicted molar refractivity (Wildman–Crippen MR) is 61.1 cm³/mol. The maximum atomic E-state index is 5.44. The van der Waals surface area contributed by atoms with E-state index in [1.807, 2.05) is 6.92 Å². The number of nitrogens with one attached hydrogen (secondary N) is 2. The molecule has 1 aromatic rings. The summed E-state index contributed by atoms with van der Waals surface area (Å²) in [6, 6.07) is 0. The van der Waals surface area contributed by atoms with E-state index in [2.05, 4.69) is 9.97 Å². The molecule has 16 heavy (non-hydrogen) atoms. The van der Waals surface area contributed by atoms with Crippen molar-refractivity contribution in [1.82, 2.24) is 9.97 Å². The van der Waals surface area contributed by atoms with Gasteiger partial charge in [-0.3, -0.25) is 4.90 Å². The molecular weight excluding hydrogens is 246 g/mol. The smallest absolute Gasteiger partial charge is 0.178 e. The Balaban J connectivity index is 0.00000128. The highest BCUT2D eigenvalue weighted by molar-refractivity contribution is 7.80. The van der Waals surface area contributed by atoms with Crippen molar-refractivity contribution in [3.05, 3.63) is 17.7 Å². The van der Waals surface area contributed by atoms with Gasteiger partial charge in [0.05, 0.1) is 31.7 Å². The molecular formula is C10H16ClN3OS. The SMILES string of the molecule is Cc1[nH]cnc1CC(=S)[NH+]1CCOCC1.[Cl-]. The maximum absolute atomic E-state index is 5.44. The van der Waals surface area contributed by atoms with E-state index in [0.29, 0.717) is 0 Å². The van der Waals surface area contributed by atoms with Crippen molar-refractivity contribution >= 4 is 17.2 Å². The number of ether oxygens (including phenoxy) is 1. The van der Waals surface area contributed by atoms with Gasteiger partial charge in [0, 0.05) is 5.69 Å². The molecule has 2 N–H and O–H groups in total. The zero-order chi connectivity index (χ0) is 10.7. The van der Waals surface area contributed by atoms with Gasteiger partial charge in [-0.15, -0.1) is 0 Å². The fourth-order valence-electron chi connectivity index (χ4n) is 1.74. The van der Waals surface area contributed by atoms with Gasteiger partial charge in [0.2, 0.25) is 0 Å². The van der Waals surface area contributed by atoms with Crippen molar-refractivity contribution in [2.24, 2.45) is 0 Å². The summed E-state index contributed by atoms with van der Waals surface area (Å²) in [4.78, 5) is 9.76. The van der Waals surface area contributed by atoms with Crippen LogP contribution < -0.4 is 17.3 Å². The Labute approximate surface area is 107 Å². The molecule has 90 valence electrons. The second-order valence-electron chi connectivity index (χ2n) is 3.79. The summed E-state index contributed by atoms with van der Waals surface area (Å²) in [7, 11) is 0.